The van der Waals surface area contributed by atoms with Crippen molar-refractivity contribution in [3.05, 3.63) is 60.2 Å². The summed E-state index contributed by atoms with van der Waals surface area (Å²) < 4.78 is 5.30. The Balaban J connectivity index is 1.57. The average Bonchev–Trinajstić information content (AvgIpc) is 3.00. The van der Waals surface area contributed by atoms with Crippen LogP contribution in [0.15, 0.2) is 59.6 Å². The zero-order valence-electron chi connectivity index (χ0n) is 14.3. The quantitative estimate of drug-likeness (QED) is 0.821. The van der Waals surface area contributed by atoms with Gasteiger partial charge in [0.25, 0.3) is 0 Å². The summed E-state index contributed by atoms with van der Waals surface area (Å²) in [5.41, 5.74) is 1.65. The van der Waals surface area contributed by atoms with Gasteiger partial charge in [-0.15, -0.1) is 0 Å². The molecule has 0 saturated carbocycles. The third kappa shape index (κ3) is 4.64. The third-order valence-electron chi connectivity index (χ3n) is 3.79. The minimum atomic E-state index is -0.477. The SMILES string of the molecule is COc1ccccc1CN=C1NC(=O)[C@H](CC(=O)Nc2ccccc2)S1. The number of carbonyl (C=O) groups is 2. The van der Waals surface area contributed by atoms with E-state index in [9.17, 15) is 9.59 Å². The molecule has 0 bridgehead atoms. The molecule has 2 aromatic rings. The number of para-hydroxylation sites is 2. The van der Waals surface area contributed by atoms with Gasteiger partial charge in [0.15, 0.2) is 5.17 Å². The van der Waals surface area contributed by atoms with E-state index in [1.54, 1.807) is 19.2 Å². The maximum Gasteiger partial charge on any atom is 0.240 e. The second-order valence-electron chi connectivity index (χ2n) is 5.65. The lowest BCUT2D eigenvalue weighted by Gasteiger charge is -2.07. The fourth-order valence-corrected chi connectivity index (χ4v) is 3.48. The number of thioether (sulfide) groups is 1. The Kier molecular flexibility index (Phi) is 5.91. The van der Waals surface area contributed by atoms with E-state index in [-0.39, 0.29) is 18.2 Å². The summed E-state index contributed by atoms with van der Waals surface area (Å²) in [5, 5.41) is 5.57. The molecule has 0 aliphatic carbocycles. The van der Waals surface area contributed by atoms with Crippen LogP contribution in [0.5, 0.6) is 5.75 Å². The van der Waals surface area contributed by atoms with Crippen molar-refractivity contribution in [3.8, 4) is 5.75 Å². The number of benzene rings is 2. The molecule has 7 heteroatoms. The summed E-state index contributed by atoms with van der Waals surface area (Å²) in [7, 11) is 1.61. The van der Waals surface area contributed by atoms with Crippen molar-refractivity contribution in [2.24, 2.45) is 4.99 Å². The fourth-order valence-electron chi connectivity index (χ4n) is 2.51. The molecule has 2 amide bonds. The van der Waals surface area contributed by atoms with Crippen LogP contribution in [0.25, 0.3) is 0 Å². The molecular formula is C19H19N3O3S. The Morgan fingerprint density at radius 1 is 1.19 bits per heavy atom. The van der Waals surface area contributed by atoms with Crippen LogP contribution in [0.2, 0.25) is 0 Å². The molecule has 0 spiro atoms. The molecule has 1 fully saturated rings. The third-order valence-corrected chi connectivity index (χ3v) is 4.91. The molecule has 2 N–H and O–H groups in total. The van der Waals surface area contributed by atoms with E-state index in [4.69, 9.17) is 4.74 Å². The smallest absolute Gasteiger partial charge is 0.240 e. The van der Waals surface area contributed by atoms with Gasteiger partial charge in [-0.05, 0) is 18.2 Å². The number of methoxy groups -OCH3 is 1. The van der Waals surface area contributed by atoms with E-state index in [0.717, 1.165) is 11.3 Å². The predicted octanol–water partition coefficient (Wildman–Crippen LogP) is 2.81. The number of ether oxygens (including phenoxy) is 1. The minimum absolute atomic E-state index is 0.0963. The summed E-state index contributed by atoms with van der Waals surface area (Å²) >= 11 is 1.28. The van der Waals surface area contributed by atoms with Crippen LogP contribution in [0.1, 0.15) is 12.0 Å². The van der Waals surface area contributed by atoms with Crippen LogP contribution >= 0.6 is 11.8 Å². The van der Waals surface area contributed by atoms with Gasteiger partial charge in [-0.1, -0.05) is 48.2 Å². The Labute approximate surface area is 156 Å². The maximum absolute atomic E-state index is 12.1. The maximum atomic E-state index is 12.1. The van der Waals surface area contributed by atoms with Crippen molar-refractivity contribution in [3.63, 3.8) is 0 Å². The fraction of sp³-hybridized carbons (Fsp3) is 0.211. The summed E-state index contributed by atoms with van der Waals surface area (Å²) in [5.74, 6) is 0.358. The van der Waals surface area contributed by atoms with Crippen LogP contribution in [0.4, 0.5) is 5.69 Å². The van der Waals surface area contributed by atoms with Gasteiger partial charge in [-0.25, -0.2) is 0 Å². The highest BCUT2D eigenvalue weighted by Crippen LogP contribution is 2.24. The predicted molar refractivity (Wildman–Crippen MR) is 103 cm³/mol. The van der Waals surface area contributed by atoms with Crippen molar-refractivity contribution in [1.82, 2.24) is 5.32 Å². The van der Waals surface area contributed by atoms with E-state index in [1.165, 1.54) is 11.8 Å². The highest BCUT2D eigenvalue weighted by atomic mass is 32.2. The van der Waals surface area contributed by atoms with Crippen molar-refractivity contribution >= 4 is 34.4 Å². The van der Waals surface area contributed by atoms with E-state index in [2.05, 4.69) is 15.6 Å². The Morgan fingerprint density at radius 2 is 1.92 bits per heavy atom. The molecule has 1 saturated heterocycles. The lowest BCUT2D eigenvalue weighted by Crippen LogP contribution is -2.28. The van der Waals surface area contributed by atoms with E-state index < -0.39 is 5.25 Å². The number of amidine groups is 1. The van der Waals surface area contributed by atoms with Crippen LogP contribution in [0.3, 0.4) is 0 Å². The first kappa shape index (κ1) is 18.0. The number of aliphatic imine (C=N–C) groups is 1. The second-order valence-corrected chi connectivity index (χ2v) is 6.84. The summed E-state index contributed by atoms with van der Waals surface area (Å²) in [6.45, 7) is 0.398. The van der Waals surface area contributed by atoms with Gasteiger partial charge in [0.05, 0.1) is 13.7 Å². The average molecular weight is 369 g/mol. The zero-order valence-corrected chi connectivity index (χ0v) is 15.1. The van der Waals surface area contributed by atoms with Gasteiger partial charge in [-0.2, -0.15) is 0 Å². The number of hydrogen-bond acceptors (Lipinski definition) is 5. The number of hydrogen-bond donors (Lipinski definition) is 2. The Morgan fingerprint density at radius 3 is 2.69 bits per heavy atom. The number of rotatable bonds is 6. The van der Waals surface area contributed by atoms with Gasteiger partial charge >= 0.3 is 0 Å². The number of amides is 2. The number of anilines is 1. The molecule has 0 aromatic heterocycles. The van der Waals surface area contributed by atoms with Crippen LogP contribution in [0, 0.1) is 0 Å². The molecule has 0 radical (unpaired) electrons. The van der Waals surface area contributed by atoms with Crippen LogP contribution < -0.4 is 15.4 Å². The first-order valence-electron chi connectivity index (χ1n) is 8.14. The number of nitrogens with zero attached hydrogens (tertiary/aromatic N) is 1. The van der Waals surface area contributed by atoms with Gasteiger partial charge in [-0.3, -0.25) is 14.6 Å². The van der Waals surface area contributed by atoms with E-state index in [0.29, 0.717) is 17.4 Å². The highest BCUT2D eigenvalue weighted by Gasteiger charge is 2.32. The molecule has 26 heavy (non-hydrogen) atoms. The number of nitrogens with one attached hydrogen (secondary N) is 2. The van der Waals surface area contributed by atoms with E-state index in [1.807, 2.05) is 42.5 Å². The molecule has 1 heterocycles. The first-order chi connectivity index (χ1) is 12.7. The molecule has 1 aliphatic rings. The molecule has 134 valence electrons. The summed E-state index contributed by atoms with van der Waals surface area (Å²) in [6, 6.07) is 16.8. The summed E-state index contributed by atoms with van der Waals surface area (Å²) in [4.78, 5) is 28.6. The molecular weight excluding hydrogens is 350 g/mol. The Hall–Kier alpha value is -2.80. The Bertz CT molecular complexity index is 824. The van der Waals surface area contributed by atoms with Gasteiger partial charge in [0.2, 0.25) is 11.8 Å². The normalized spacial score (nSPS) is 17.8. The van der Waals surface area contributed by atoms with Gasteiger partial charge in [0, 0.05) is 17.7 Å². The molecule has 6 nitrogen and oxygen atoms in total. The number of carbonyl (C=O) groups excluding carboxylic acids is 2. The minimum Gasteiger partial charge on any atom is -0.496 e. The second kappa shape index (κ2) is 8.53. The van der Waals surface area contributed by atoms with Crippen molar-refractivity contribution in [2.75, 3.05) is 12.4 Å². The molecule has 0 unspecified atom stereocenters. The van der Waals surface area contributed by atoms with E-state index >= 15 is 0 Å². The van der Waals surface area contributed by atoms with Crippen molar-refractivity contribution < 1.29 is 14.3 Å². The zero-order chi connectivity index (χ0) is 18.4. The van der Waals surface area contributed by atoms with Gasteiger partial charge in [0.1, 0.15) is 11.0 Å². The summed E-state index contributed by atoms with van der Waals surface area (Å²) in [6.07, 6.45) is 0.0963. The van der Waals surface area contributed by atoms with Crippen LogP contribution in [-0.4, -0.2) is 29.3 Å². The van der Waals surface area contributed by atoms with Gasteiger partial charge < -0.3 is 15.4 Å². The van der Waals surface area contributed by atoms with Crippen LogP contribution in [-0.2, 0) is 16.1 Å². The monoisotopic (exact) mass is 369 g/mol. The molecule has 3 rings (SSSR count). The molecule has 1 atom stereocenters. The lowest BCUT2D eigenvalue weighted by molar-refractivity contribution is -0.122. The van der Waals surface area contributed by atoms with Crippen molar-refractivity contribution in [1.29, 1.82) is 0 Å². The molecule has 2 aromatic carbocycles. The topological polar surface area (TPSA) is 79.8 Å². The highest BCUT2D eigenvalue weighted by molar-refractivity contribution is 8.15. The first-order valence-corrected chi connectivity index (χ1v) is 9.02. The molecule has 1 aliphatic heterocycles. The van der Waals surface area contributed by atoms with Crippen molar-refractivity contribution in [2.45, 2.75) is 18.2 Å². The lowest BCUT2D eigenvalue weighted by atomic mass is 10.2. The standard InChI is InChI=1S/C19H19N3O3S/c1-25-15-10-6-5-7-13(15)12-20-19-22-18(24)16(26-19)11-17(23)21-14-8-3-2-4-9-14/h2-10,16H,11-12H2,1H3,(H,21,23)(H,20,22,24)/t16-/m0/s1. The largest absolute Gasteiger partial charge is 0.496 e.